The molecule has 0 radical (unpaired) electrons. The van der Waals surface area contributed by atoms with E-state index in [2.05, 4.69) is 230 Å². The van der Waals surface area contributed by atoms with Crippen molar-refractivity contribution in [3.63, 3.8) is 0 Å². The van der Waals surface area contributed by atoms with E-state index >= 15 is 0 Å². The fourth-order valence-electron chi connectivity index (χ4n) is 9.18. The van der Waals surface area contributed by atoms with Gasteiger partial charge in [-0.25, -0.2) is 0 Å². The van der Waals surface area contributed by atoms with Crippen molar-refractivity contribution >= 4 is 56.1 Å². The minimum absolute atomic E-state index is 0.153. The highest BCUT2D eigenvalue weighted by atomic mass is 16.3. The average Bonchev–Trinajstić information content (AvgIpc) is 3.79. The smallest absolute Gasteiger partial charge is 0.137 e. The highest BCUT2D eigenvalue weighted by molar-refractivity contribution is 6.06. The lowest BCUT2D eigenvalue weighted by Gasteiger charge is -2.28. The molecule has 1 aliphatic rings. The standard InChI is InChI=1S/C57H42N2O/c1-57(2)53-36-42(39-14-6-3-7-15-39)26-33-49(53)50-34-31-47(37-54(50)57)58(43-16-8-4-9-17-43)45-27-22-40(23-28-45)41-24-29-46(30-25-41)59(44-18-10-5-11-19-44)48-32-35-52-51-20-12-13-21-55(51)60-56(52)38-48/h3-38H,1-2H3. The Labute approximate surface area is 351 Å². The van der Waals surface area contributed by atoms with Crippen LogP contribution >= 0.6 is 0 Å². The van der Waals surface area contributed by atoms with Gasteiger partial charge in [0.15, 0.2) is 0 Å². The van der Waals surface area contributed by atoms with Crippen LogP contribution in [0.2, 0.25) is 0 Å². The second kappa shape index (κ2) is 14.3. The van der Waals surface area contributed by atoms with Crippen molar-refractivity contribution < 1.29 is 4.42 Å². The molecule has 9 aromatic carbocycles. The van der Waals surface area contributed by atoms with E-state index < -0.39 is 0 Å². The zero-order chi connectivity index (χ0) is 40.2. The Morgan fingerprint density at radius 3 is 1.35 bits per heavy atom. The average molecular weight is 771 g/mol. The number of rotatable bonds is 8. The van der Waals surface area contributed by atoms with E-state index in [4.69, 9.17) is 4.42 Å². The summed E-state index contributed by atoms with van der Waals surface area (Å²) in [6.07, 6.45) is 0. The Balaban J connectivity index is 0.915. The van der Waals surface area contributed by atoms with E-state index in [1.165, 1.54) is 33.4 Å². The number of para-hydroxylation sites is 3. The number of fused-ring (bicyclic) bond motifs is 6. The maximum Gasteiger partial charge on any atom is 0.137 e. The van der Waals surface area contributed by atoms with Crippen molar-refractivity contribution in [2.45, 2.75) is 19.3 Å². The molecule has 0 bridgehead atoms. The lowest BCUT2D eigenvalue weighted by atomic mass is 9.81. The third-order valence-corrected chi connectivity index (χ3v) is 12.3. The topological polar surface area (TPSA) is 19.6 Å². The maximum atomic E-state index is 6.30. The van der Waals surface area contributed by atoms with Crippen LogP contribution in [-0.4, -0.2) is 0 Å². The van der Waals surface area contributed by atoms with Crippen LogP contribution in [-0.2, 0) is 5.41 Å². The summed E-state index contributed by atoms with van der Waals surface area (Å²) in [5.41, 5.74) is 18.4. The summed E-state index contributed by atoms with van der Waals surface area (Å²) in [6, 6.07) is 78.4. The molecule has 10 aromatic rings. The molecule has 0 N–H and O–H groups in total. The normalized spacial score (nSPS) is 12.6. The number of furan rings is 1. The molecular weight excluding hydrogens is 729 g/mol. The minimum atomic E-state index is -0.153. The van der Waals surface area contributed by atoms with Gasteiger partial charge in [-0.3, -0.25) is 0 Å². The van der Waals surface area contributed by atoms with Crippen molar-refractivity contribution in [1.82, 2.24) is 0 Å². The van der Waals surface area contributed by atoms with Crippen LogP contribution in [0.1, 0.15) is 25.0 Å². The molecule has 0 atom stereocenters. The molecule has 60 heavy (non-hydrogen) atoms. The van der Waals surface area contributed by atoms with E-state index in [-0.39, 0.29) is 5.41 Å². The molecule has 0 saturated carbocycles. The Kier molecular flexibility index (Phi) is 8.49. The second-order valence-corrected chi connectivity index (χ2v) is 16.2. The van der Waals surface area contributed by atoms with Gasteiger partial charge in [0, 0.05) is 56.4 Å². The van der Waals surface area contributed by atoms with Crippen LogP contribution in [0, 0.1) is 0 Å². The number of anilines is 6. The first-order valence-electron chi connectivity index (χ1n) is 20.7. The summed E-state index contributed by atoms with van der Waals surface area (Å²) < 4.78 is 6.30. The quantitative estimate of drug-likeness (QED) is 0.153. The van der Waals surface area contributed by atoms with Gasteiger partial charge in [-0.1, -0.05) is 141 Å². The summed E-state index contributed by atoms with van der Waals surface area (Å²) in [7, 11) is 0. The lowest BCUT2D eigenvalue weighted by molar-refractivity contribution is 0.660. The number of hydrogen-bond acceptors (Lipinski definition) is 3. The third kappa shape index (κ3) is 6.06. The molecule has 3 nitrogen and oxygen atoms in total. The van der Waals surface area contributed by atoms with Crippen molar-refractivity contribution in [1.29, 1.82) is 0 Å². The molecule has 1 heterocycles. The molecule has 0 fully saturated rings. The summed E-state index contributed by atoms with van der Waals surface area (Å²) in [6.45, 7) is 4.73. The van der Waals surface area contributed by atoms with Crippen molar-refractivity contribution in [3.05, 3.63) is 230 Å². The summed E-state index contributed by atoms with van der Waals surface area (Å²) >= 11 is 0. The van der Waals surface area contributed by atoms with Crippen molar-refractivity contribution in [3.8, 4) is 33.4 Å². The Morgan fingerprint density at radius 2 is 0.733 bits per heavy atom. The van der Waals surface area contributed by atoms with Gasteiger partial charge in [-0.05, 0) is 129 Å². The van der Waals surface area contributed by atoms with Gasteiger partial charge in [-0.15, -0.1) is 0 Å². The fraction of sp³-hybridized carbons (Fsp3) is 0.0526. The van der Waals surface area contributed by atoms with E-state index in [1.54, 1.807) is 0 Å². The largest absolute Gasteiger partial charge is 0.456 e. The van der Waals surface area contributed by atoms with E-state index in [9.17, 15) is 0 Å². The SMILES string of the molecule is CC1(C)c2cc(-c3ccccc3)ccc2-c2ccc(N(c3ccccc3)c3ccc(-c4ccc(N(c5ccccc5)c5ccc6c(c5)oc5ccccc56)cc4)cc3)cc21. The Bertz CT molecular complexity index is 3150. The molecule has 11 rings (SSSR count). The molecule has 0 amide bonds. The van der Waals surface area contributed by atoms with Gasteiger partial charge in [0.1, 0.15) is 11.2 Å². The first-order chi connectivity index (χ1) is 29.5. The summed E-state index contributed by atoms with van der Waals surface area (Å²) in [5.74, 6) is 0. The number of nitrogens with zero attached hydrogens (tertiary/aromatic N) is 2. The zero-order valence-corrected chi connectivity index (χ0v) is 33.6. The van der Waals surface area contributed by atoms with Gasteiger partial charge in [0.25, 0.3) is 0 Å². The number of hydrogen-bond donors (Lipinski definition) is 0. The highest BCUT2D eigenvalue weighted by Gasteiger charge is 2.36. The van der Waals surface area contributed by atoms with E-state index in [1.807, 2.05) is 12.1 Å². The zero-order valence-electron chi connectivity index (χ0n) is 33.6. The first-order valence-corrected chi connectivity index (χ1v) is 20.7. The third-order valence-electron chi connectivity index (χ3n) is 12.3. The summed E-state index contributed by atoms with van der Waals surface area (Å²) in [4.78, 5) is 4.66. The van der Waals surface area contributed by atoms with Crippen molar-refractivity contribution in [2.75, 3.05) is 9.80 Å². The first kappa shape index (κ1) is 35.5. The van der Waals surface area contributed by atoms with Gasteiger partial charge in [0.05, 0.1) is 0 Å². The van der Waals surface area contributed by atoms with Crippen LogP contribution in [0.25, 0.3) is 55.3 Å². The monoisotopic (exact) mass is 770 g/mol. The van der Waals surface area contributed by atoms with Gasteiger partial charge in [-0.2, -0.15) is 0 Å². The molecule has 1 aromatic heterocycles. The molecule has 0 aliphatic heterocycles. The molecule has 0 spiro atoms. The second-order valence-electron chi connectivity index (χ2n) is 16.2. The predicted molar refractivity (Wildman–Crippen MR) is 252 cm³/mol. The molecule has 286 valence electrons. The molecule has 3 heteroatoms. The van der Waals surface area contributed by atoms with Crippen LogP contribution in [0.4, 0.5) is 34.1 Å². The van der Waals surface area contributed by atoms with Crippen molar-refractivity contribution in [2.24, 2.45) is 0 Å². The van der Waals surface area contributed by atoms with Crippen LogP contribution in [0.5, 0.6) is 0 Å². The van der Waals surface area contributed by atoms with Crippen LogP contribution < -0.4 is 9.80 Å². The highest BCUT2D eigenvalue weighted by Crippen LogP contribution is 2.52. The summed E-state index contributed by atoms with van der Waals surface area (Å²) in [5, 5.41) is 2.25. The fourth-order valence-corrected chi connectivity index (χ4v) is 9.18. The maximum absolute atomic E-state index is 6.30. The Hall–Kier alpha value is -7.62. The molecular formula is C57H42N2O. The van der Waals surface area contributed by atoms with E-state index in [0.29, 0.717) is 0 Å². The Morgan fingerprint density at radius 1 is 0.317 bits per heavy atom. The predicted octanol–water partition coefficient (Wildman–Crippen LogP) is 16.2. The molecule has 0 unspecified atom stereocenters. The van der Waals surface area contributed by atoms with E-state index in [0.717, 1.165) is 67.2 Å². The lowest BCUT2D eigenvalue weighted by Crippen LogP contribution is -2.16. The van der Waals surface area contributed by atoms with Gasteiger partial charge < -0.3 is 14.2 Å². The van der Waals surface area contributed by atoms with Crippen LogP contribution in [0.15, 0.2) is 223 Å². The minimum Gasteiger partial charge on any atom is -0.456 e. The van der Waals surface area contributed by atoms with Gasteiger partial charge in [0.2, 0.25) is 0 Å². The number of benzene rings is 9. The molecule has 1 aliphatic carbocycles. The van der Waals surface area contributed by atoms with Gasteiger partial charge >= 0.3 is 0 Å². The van der Waals surface area contributed by atoms with Crippen LogP contribution in [0.3, 0.4) is 0 Å². The molecule has 0 saturated heterocycles.